The van der Waals surface area contributed by atoms with Gasteiger partial charge in [-0.2, -0.15) is 0 Å². The summed E-state index contributed by atoms with van der Waals surface area (Å²) < 4.78 is 12.4. The zero-order valence-corrected chi connectivity index (χ0v) is 6.87. The Morgan fingerprint density at radius 3 is 2.42 bits per heavy atom. The van der Waals surface area contributed by atoms with Crippen molar-refractivity contribution in [2.45, 2.75) is 13.0 Å². The van der Waals surface area contributed by atoms with Crippen LogP contribution in [0.1, 0.15) is 18.6 Å². The minimum absolute atomic E-state index is 0.286. The quantitative estimate of drug-likeness (QED) is 0.669. The second kappa shape index (κ2) is 4.02. The summed E-state index contributed by atoms with van der Waals surface area (Å²) in [6, 6.07) is 5.81. The fourth-order valence-corrected chi connectivity index (χ4v) is 0.953. The Balaban J connectivity index is 2.82. The minimum Gasteiger partial charge on any atom is -0.384 e. The second-order valence-electron chi connectivity index (χ2n) is 2.52. The molecule has 12 heavy (non-hydrogen) atoms. The minimum atomic E-state index is -0.629. The summed E-state index contributed by atoms with van der Waals surface area (Å²) in [4.78, 5) is 0. The van der Waals surface area contributed by atoms with E-state index in [1.807, 2.05) is 6.92 Å². The molecule has 0 aliphatic heterocycles. The molecule has 0 amide bonds. The highest BCUT2D eigenvalue weighted by atomic mass is 19.1. The summed E-state index contributed by atoms with van der Waals surface area (Å²) in [6.07, 6.45) is 2.77. The van der Waals surface area contributed by atoms with Gasteiger partial charge >= 0.3 is 0 Å². The molecule has 64 valence electrons. The zero-order chi connectivity index (χ0) is 8.97. The SMILES string of the molecule is C/C=C/C(O)c1ccc(F)cc1. The maximum absolute atomic E-state index is 12.4. The van der Waals surface area contributed by atoms with E-state index in [1.165, 1.54) is 12.1 Å². The molecule has 0 aliphatic rings. The van der Waals surface area contributed by atoms with Gasteiger partial charge in [0.15, 0.2) is 0 Å². The molecule has 1 nitrogen and oxygen atoms in total. The van der Waals surface area contributed by atoms with Crippen molar-refractivity contribution in [2.24, 2.45) is 0 Å². The first-order valence-electron chi connectivity index (χ1n) is 3.80. The predicted octanol–water partition coefficient (Wildman–Crippen LogP) is 2.44. The highest BCUT2D eigenvalue weighted by molar-refractivity contribution is 5.21. The van der Waals surface area contributed by atoms with Crippen LogP contribution < -0.4 is 0 Å². The molecule has 1 aromatic rings. The van der Waals surface area contributed by atoms with Gasteiger partial charge in [-0.3, -0.25) is 0 Å². The monoisotopic (exact) mass is 166 g/mol. The van der Waals surface area contributed by atoms with Crippen molar-refractivity contribution in [3.63, 3.8) is 0 Å². The van der Waals surface area contributed by atoms with Crippen LogP contribution in [0.2, 0.25) is 0 Å². The van der Waals surface area contributed by atoms with Gasteiger partial charge in [0.05, 0.1) is 6.10 Å². The molecule has 0 aliphatic carbocycles. The van der Waals surface area contributed by atoms with Crippen LogP contribution in [0.15, 0.2) is 36.4 Å². The van der Waals surface area contributed by atoms with E-state index in [1.54, 1.807) is 24.3 Å². The molecule has 1 unspecified atom stereocenters. The number of aliphatic hydroxyl groups is 1. The van der Waals surface area contributed by atoms with Crippen molar-refractivity contribution >= 4 is 0 Å². The third-order valence-electron chi connectivity index (χ3n) is 1.59. The fourth-order valence-electron chi connectivity index (χ4n) is 0.953. The van der Waals surface area contributed by atoms with Gasteiger partial charge in [0.1, 0.15) is 5.82 Å². The van der Waals surface area contributed by atoms with Gasteiger partial charge in [-0.05, 0) is 24.6 Å². The first-order chi connectivity index (χ1) is 5.74. The van der Waals surface area contributed by atoms with Crippen molar-refractivity contribution in [1.29, 1.82) is 0 Å². The van der Waals surface area contributed by atoms with Crippen molar-refractivity contribution in [1.82, 2.24) is 0 Å². The number of hydrogen-bond donors (Lipinski definition) is 1. The number of aliphatic hydroxyl groups excluding tert-OH is 1. The molecular formula is C10H11FO. The second-order valence-corrected chi connectivity index (χ2v) is 2.52. The van der Waals surface area contributed by atoms with Crippen LogP contribution in [-0.4, -0.2) is 5.11 Å². The van der Waals surface area contributed by atoms with E-state index < -0.39 is 6.10 Å². The van der Waals surface area contributed by atoms with E-state index in [0.717, 1.165) is 0 Å². The van der Waals surface area contributed by atoms with Crippen molar-refractivity contribution in [2.75, 3.05) is 0 Å². The molecule has 0 spiro atoms. The smallest absolute Gasteiger partial charge is 0.123 e. The van der Waals surface area contributed by atoms with E-state index >= 15 is 0 Å². The summed E-state index contributed by atoms with van der Waals surface area (Å²) in [5.74, 6) is -0.286. The maximum Gasteiger partial charge on any atom is 0.123 e. The largest absolute Gasteiger partial charge is 0.384 e. The van der Waals surface area contributed by atoms with E-state index in [2.05, 4.69) is 0 Å². The van der Waals surface area contributed by atoms with Gasteiger partial charge in [0.2, 0.25) is 0 Å². The lowest BCUT2D eigenvalue weighted by Crippen LogP contribution is -1.92. The molecule has 0 heterocycles. The number of allylic oxidation sites excluding steroid dienone is 1. The van der Waals surface area contributed by atoms with E-state index in [0.29, 0.717) is 5.56 Å². The van der Waals surface area contributed by atoms with Crippen LogP contribution in [0.25, 0.3) is 0 Å². The third-order valence-corrected chi connectivity index (χ3v) is 1.59. The molecule has 0 radical (unpaired) electrons. The standard InChI is InChI=1S/C10H11FO/c1-2-3-10(12)8-4-6-9(11)7-5-8/h2-7,10,12H,1H3/b3-2+. The van der Waals surface area contributed by atoms with Crippen molar-refractivity contribution in [3.05, 3.63) is 47.8 Å². The molecule has 1 aromatic carbocycles. The van der Waals surface area contributed by atoms with Crippen molar-refractivity contribution < 1.29 is 9.50 Å². The summed E-state index contributed by atoms with van der Waals surface area (Å²) in [5.41, 5.74) is 0.703. The Hall–Kier alpha value is -1.15. The molecular weight excluding hydrogens is 155 g/mol. The molecule has 0 aromatic heterocycles. The van der Waals surface area contributed by atoms with Gasteiger partial charge in [0.25, 0.3) is 0 Å². The van der Waals surface area contributed by atoms with E-state index in [-0.39, 0.29) is 5.82 Å². The number of hydrogen-bond acceptors (Lipinski definition) is 1. The lowest BCUT2D eigenvalue weighted by Gasteiger charge is -2.04. The summed E-state index contributed by atoms with van der Waals surface area (Å²) in [6.45, 7) is 1.83. The van der Waals surface area contributed by atoms with Gasteiger partial charge in [-0.15, -0.1) is 0 Å². The third kappa shape index (κ3) is 2.17. The Labute approximate surface area is 71.2 Å². The number of benzene rings is 1. The van der Waals surface area contributed by atoms with Crippen LogP contribution in [0, 0.1) is 5.82 Å². The predicted molar refractivity (Wildman–Crippen MR) is 46.2 cm³/mol. The maximum atomic E-state index is 12.4. The molecule has 1 N–H and O–H groups in total. The molecule has 0 fully saturated rings. The lowest BCUT2D eigenvalue weighted by atomic mass is 10.1. The van der Waals surface area contributed by atoms with Crippen LogP contribution in [0.5, 0.6) is 0 Å². The van der Waals surface area contributed by atoms with Gasteiger partial charge in [-0.25, -0.2) is 4.39 Å². The Kier molecular flexibility index (Phi) is 3.00. The average molecular weight is 166 g/mol. The van der Waals surface area contributed by atoms with Crippen LogP contribution in [0.3, 0.4) is 0 Å². The molecule has 0 saturated heterocycles. The summed E-state index contributed by atoms with van der Waals surface area (Å²) in [5, 5.41) is 9.40. The highest BCUT2D eigenvalue weighted by Crippen LogP contribution is 2.13. The van der Waals surface area contributed by atoms with Crippen LogP contribution >= 0.6 is 0 Å². The highest BCUT2D eigenvalue weighted by Gasteiger charge is 2.01. The first kappa shape index (κ1) is 8.94. The van der Waals surface area contributed by atoms with E-state index in [9.17, 15) is 9.50 Å². The normalized spacial score (nSPS) is 13.6. The van der Waals surface area contributed by atoms with Crippen LogP contribution in [-0.2, 0) is 0 Å². The molecule has 0 saturated carbocycles. The fraction of sp³-hybridized carbons (Fsp3) is 0.200. The molecule has 0 bridgehead atoms. The Morgan fingerprint density at radius 1 is 1.33 bits per heavy atom. The van der Waals surface area contributed by atoms with Crippen LogP contribution in [0.4, 0.5) is 4.39 Å². The lowest BCUT2D eigenvalue weighted by molar-refractivity contribution is 0.228. The first-order valence-corrected chi connectivity index (χ1v) is 3.80. The van der Waals surface area contributed by atoms with Gasteiger partial charge < -0.3 is 5.11 Å². The molecule has 1 rings (SSSR count). The Morgan fingerprint density at radius 2 is 1.92 bits per heavy atom. The number of rotatable bonds is 2. The zero-order valence-electron chi connectivity index (χ0n) is 6.87. The topological polar surface area (TPSA) is 20.2 Å². The Bertz CT molecular complexity index is 264. The van der Waals surface area contributed by atoms with Gasteiger partial charge in [-0.1, -0.05) is 24.3 Å². The average Bonchev–Trinajstić information content (AvgIpc) is 2.06. The van der Waals surface area contributed by atoms with Gasteiger partial charge in [0, 0.05) is 0 Å². The van der Waals surface area contributed by atoms with E-state index in [4.69, 9.17) is 0 Å². The molecule has 2 heteroatoms. The summed E-state index contributed by atoms with van der Waals surface area (Å²) in [7, 11) is 0. The summed E-state index contributed by atoms with van der Waals surface area (Å²) >= 11 is 0. The molecule has 1 atom stereocenters. The van der Waals surface area contributed by atoms with Crippen molar-refractivity contribution in [3.8, 4) is 0 Å². The number of halogens is 1.